The fourth-order valence-electron chi connectivity index (χ4n) is 2.46. The van der Waals surface area contributed by atoms with Crippen LogP contribution in [0.2, 0.25) is 0 Å². The molecule has 3 rings (SSSR count). The molecule has 20 heavy (non-hydrogen) atoms. The lowest BCUT2D eigenvalue weighted by molar-refractivity contribution is -0.132. The minimum atomic E-state index is -0.869. The first-order chi connectivity index (χ1) is 9.74. The minimum absolute atomic E-state index is 0.360. The van der Waals surface area contributed by atoms with Crippen LogP contribution >= 0.6 is 0 Å². The van der Waals surface area contributed by atoms with E-state index in [9.17, 15) is 4.79 Å². The highest BCUT2D eigenvalue weighted by atomic mass is 16.4. The van der Waals surface area contributed by atoms with Gasteiger partial charge in [0.15, 0.2) is 0 Å². The van der Waals surface area contributed by atoms with Gasteiger partial charge in [-0.25, -0.2) is 4.79 Å². The number of rotatable bonds is 3. The van der Waals surface area contributed by atoms with Gasteiger partial charge in [0.25, 0.3) is 0 Å². The highest BCUT2D eigenvalue weighted by Crippen LogP contribution is 2.21. The first-order valence-electron chi connectivity index (χ1n) is 6.56. The van der Waals surface area contributed by atoms with Crippen molar-refractivity contribution >= 4 is 16.7 Å². The van der Waals surface area contributed by atoms with Crippen molar-refractivity contribution in [2.45, 2.75) is 6.54 Å². The van der Waals surface area contributed by atoms with Crippen molar-refractivity contribution in [2.24, 2.45) is 0 Å². The summed E-state index contributed by atoms with van der Waals surface area (Å²) in [4.78, 5) is 13.0. The van der Waals surface area contributed by atoms with Gasteiger partial charge in [-0.05, 0) is 22.4 Å². The Kier molecular flexibility index (Phi) is 3.25. The topological polar surface area (TPSA) is 40.5 Å². The summed E-state index contributed by atoms with van der Waals surface area (Å²) in [6.45, 7) is 1.41. The molecule has 2 aromatic carbocycles. The Morgan fingerprint density at radius 2 is 1.95 bits per heavy atom. The van der Waals surface area contributed by atoms with Crippen LogP contribution in [-0.2, 0) is 11.3 Å². The Morgan fingerprint density at radius 1 is 1.15 bits per heavy atom. The molecule has 1 aliphatic heterocycles. The van der Waals surface area contributed by atoms with Gasteiger partial charge in [-0.3, -0.25) is 0 Å². The van der Waals surface area contributed by atoms with E-state index in [1.54, 1.807) is 12.2 Å². The fourth-order valence-corrected chi connectivity index (χ4v) is 2.46. The van der Waals surface area contributed by atoms with Crippen molar-refractivity contribution in [2.75, 3.05) is 6.54 Å². The van der Waals surface area contributed by atoms with Crippen LogP contribution in [-0.4, -0.2) is 22.5 Å². The van der Waals surface area contributed by atoms with Gasteiger partial charge in [0, 0.05) is 19.3 Å². The van der Waals surface area contributed by atoms with Crippen molar-refractivity contribution in [3.8, 4) is 0 Å². The van der Waals surface area contributed by atoms with Crippen LogP contribution < -0.4 is 0 Å². The van der Waals surface area contributed by atoms with E-state index < -0.39 is 5.97 Å². The van der Waals surface area contributed by atoms with Crippen LogP contribution in [0.4, 0.5) is 0 Å². The molecule has 0 saturated heterocycles. The molecule has 2 aromatic rings. The summed E-state index contributed by atoms with van der Waals surface area (Å²) in [6.07, 6.45) is 5.25. The zero-order chi connectivity index (χ0) is 13.9. The van der Waals surface area contributed by atoms with Crippen molar-refractivity contribution in [3.05, 3.63) is 72.0 Å². The van der Waals surface area contributed by atoms with Crippen molar-refractivity contribution in [1.82, 2.24) is 4.90 Å². The van der Waals surface area contributed by atoms with E-state index in [1.165, 1.54) is 16.3 Å². The van der Waals surface area contributed by atoms with Gasteiger partial charge in [-0.1, -0.05) is 48.5 Å². The van der Waals surface area contributed by atoms with E-state index in [2.05, 4.69) is 35.2 Å². The Balaban J connectivity index is 1.82. The van der Waals surface area contributed by atoms with Crippen molar-refractivity contribution in [3.63, 3.8) is 0 Å². The molecule has 0 atom stereocenters. The van der Waals surface area contributed by atoms with Gasteiger partial charge in [0.2, 0.25) is 0 Å². The van der Waals surface area contributed by atoms with Crippen molar-refractivity contribution in [1.29, 1.82) is 0 Å². The fraction of sp³-hybridized carbons (Fsp3) is 0.118. The Morgan fingerprint density at radius 3 is 2.70 bits per heavy atom. The first kappa shape index (κ1) is 12.5. The van der Waals surface area contributed by atoms with Crippen LogP contribution in [0.25, 0.3) is 10.8 Å². The SMILES string of the molecule is O=C(O)C1=CCN(Cc2cccc3ccccc23)C=C1. The molecule has 0 amide bonds. The number of hydrogen-bond acceptors (Lipinski definition) is 2. The molecule has 3 nitrogen and oxygen atoms in total. The monoisotopic (exact) mass is 265 g/mol. The van der Waals surface area contributed by atoms with Gasteiger partial charge < -0.3 is 10.0 Å². The molecule has 0 radical (unpaired) electrons. The molecule has 0 aliphatic carbocycles. The Hall–Kier alpha value is -2.55. The number of benzene rings is 2. The number of carbonyl (C=O) groups is 1. The molecule has 1 heterocycles. The maximum atomic E-state index is 10.9. The maximum absolute atomic E-state index is 10.9. The highest BCUT2D eigenvalue weighted by molar-refractivity contribution is 5.90. The zero-order valence-corrected chi connectivity index (χ0v) is 11.0. The number of carboxylic acid groups (broad SMARTS) is 1. The van der Waals surface area contributed by atoms with Crippen LogP contribution in [0.5, 0.6) is 0 Å². The van der Waals surface area contributed by atoms with Gasteiger partial charge >= 0.3 is 5.97 Å². The Bertz CT molecular complexity index is 711. The summed E-state index contributed by atoms with van der Waals surface area (Å²) in [5, 5.41) is 11.4. The number of aliphatic carboxylic acids is 1. The summed E-state index contributed by atoms with van der Waals surface area (Å²) in [7, 11) is 0. The molecule has 3 heteroatoms. The number of nitrogens with zero attached hydrogens (tertiary/aromatic N) is 1. The summed E-state index contributed by atoms with van der Waals surface area (Å²) in [5.41, 5.74) is 1.61. The van der Waals surface area contributed by atoms with Gasteiger partial charge in [0.1, 0.15) is 0 Å². The summed E-state index contributed by atoms with van der Waals surface area (Å²) in [5.74, 6) is -0.869. The van der Waals surface area contributed by atoms with Crippen LogP contribution in [0.1, 0.15) is 5.56 Å². The predicted molar refractivity (Wildman–Crippen MR) is 79.2 cm³/mol. The van der Waals surface area contributed by atoms with E-state index in [-0.39, 0.29) is 0 Å². The van der Waals surface area contributed by atoms with Crippen molar-refractivity contribution < 1.29 is 9.90 Å². The highest BCUT2D eigenvalue weighted by Gasteiger charge is 2.11. The molecule has 0 saturated carbocycles. The normalized spacial score (nSPS) is 14.4. The van der Waals surface area contributed by atoms with E-state index in [0.29, 0.717) is 12.1 Å². The van der Waals surface area contributed by atoms with Gasteiger partial charge in [-0.15, -0.1) is 0 Å². The lowest BCUT2D eigenvalue weighted by atomic mass is 10.0. The molecule has 1 N–H and O–H groups in total. The molecule has 0 spiro atoms. The third kappa shape index (κ3) is 2.43. The van der Waals surface area contributed by atoms with E-state index in [1.807, 2.05) is 18.3 Å². The molecule has 0 fully saturated rings. The second kappa shape index (κ2) is 5.21. The lowest BCUT2D eigenvalue weighted by Crippen LogP contribution is -2.21. The maximum Gasteiger partial charge on any atom is 0.335 e. The second-order valence-corrected chi connectivity index (χ2v) is 4.85. The largest absolute Gasteiger partial charge is 0.478 e. The minimum Gasteiger partial charge on any atom is -0.478 e. The quantitative estimate of drug-likeness (QED) is 0.926. The standard InChI is InChI=1S/C17H15NO2/c19-17(20)14-8-10-18(11-9-14)12-15-6-3-5-13-4-1-2-7-16(13)15/h1-10H,11-12H2,(H,19,20). The molecule has 100 valence electrons. The second-order valence-electron chi connectivity index (χ2n) is 4.85. The third-order valence-corrected chi connectivity index (χ3v) is 3.51. The van der Waals surface area contributed by atoms with E-state index >= 15 is 0 Å². The summed E-state index contributed by atoms with van der Waals surface area (Å²) >= 11 is 0. The summed E-state index contributed by atoms with van der Waals surface area (Å²) in [6, 6.07) is 14.6. The molecular formula is C17H15NO2. The first-order valence-corrected chi connectivity index (χ1v) is 6.56. The molecule has 1 aliphatic rings. The predicted octanol–water partition coefficient (Wildman–Crippen LogP) is 3.18. The average Bonchev–Trinajstić information content (AvgIpc) is 2.48. The van der Waals surface area contributed by atoms with Gasteiger partial charge in [-0.2, -0.15) is 0 Å². The molecular weight excluding hydrogens is 250 g/mol. The van der Waals surface area contributed by atoms with Gasteiger partial charge in [0.05, 0.1) is 5.57 Å². The van der Waals surface area contributed by atoms with Crippen LogP contribution in [0.15, 0.2) is 66.4 Å². The van der Waals surface area contributed by atoms with E-state index in [4.69, 9.17) is 5.11 Å². The lowest BCUT2D eigenvalue weighted by Gasteiger charge is -2.22. The number of fused-ring (bicyclic) bond motifs is 1. The number of carboxylic acids is 1. The molecule has 0 bridgehead atoms. The third-order valence-electron chi connectivity index (χ3n) is 3.51. The zero-order valence-electron chi connectivity index (χ0n) is 11.0. The average molecular weight is 265 g/mol. The van der Waals surface area contributed by atoms with Crippen LogP contribution in [0, 0.1) is 0 Å². The molecule has 0 unspecified atom stereocenters. The van der Waals surface area contributed by atoms with Crippen LogP contribution in [0.3, 0.4) is 0 Å². The molecule has 0 aromatic heterocycles. The summed E-state index contributed by atoms with van der Waals surface area (Å²) < 4.78 is 0. The number of hydrogen-bond donors (Lipinski definition) is 1. The van der Waals surface area contributed by atoms with E-state index in [0.717, 1.165) is 6.54 Å². The smallest absolute Gasteiger partial charge is 0.335 e. The Labute approximate surface area is 117 Å².